The number of likely N-dealkylation sites (N-methyl/N-ethyl adjacent to an activating group) is 1. The summed E-state index contributed by atoms with van der Waals surface area (Å²) in [6.07, 6.45) is -1.42. The van der Waals surface area contributed by atoms with Crippen LogP contribution in [0.4, 0.5) is 4.79 Å². The van der Waals surface area contributed by atoms with Crippen molar-refractivity contribution in [3.05, 3.63) is 75.6 Å². The minimum atomic E-state index is -1.32. The van der Waals surface area contributed by atoms with Crippen molar-refractivity contribution < 1.29 is 24.5 Å². The van der Waals surface area contributed by atoms with Crippen LogP contribution in [0.2, 0.25) is 10.0 Å². The van der Waals surface area contributed by atoms with Gasteiger partial charge in [0.25, 0.3) is 5.91 Å². The molecule has 1 aliphatic rings. The van der Waals surface area contributed by atoms with E-state index in [1.54, 1.807) is 42.5 Å². The second-order valence-electron chi connectivity index (χ2n) is 6.07. The van der Waals surface area contributed by atoms with Gasteiger partial charge in [-0.25, -0.2) is 4.79 Å². The van der Waals surface area contributed by atoms with Crippen LogP contribution in [0.1, 0.15) is 17.3 Å². The highest BCUT2D eigenvalue weighted by atomic mass is 35.5. The van der Waals surface area contributed by atoms with Crippen LogP contribution in [0.15, 0.2) is 54.4 Å². The molecule has 0 bridgehead atoms. The highest BCUT2D eigenvalue weighted by Crippen LogP contribution is 2.35. The molecule has 146 valence electrons. The van der Waals surface area contributed by atoms with Crippen LogP contribution in [0.3, 0.4) is 0 Å². The molecule has 0 saturated carbocycles. The van der Waals surface area contributed by atoms with Gasteiger partial charge in [-0.2, -0.15) is 0 Å². The normalized spacial score (nSPS) is 16.8. The Balaban J connectivity index is 1.93. The quantitative estimate of drug-likeness (QED) is 0.760. The number of hydrogen-bond acceptors (Lipinski definition) is 4. The Kier molecular flexibility index (Phi) is 5.67. The third kappa shape index (κ3) is 3.85. The van der Waals surface area contributed by atoms with E-state index in [2.05, 4.69) is 0 Å². The van der Waals surface area contributed by atoms with E-state index in [1.165, 1.54) is 7.05 Å². The molecule has 0 aromatic heterocycles. The molecule has 0 aliphatic carbocycles. The lowest BCUT2D eigenvalue weighted by Crippen LogP contribution is -2.47. The van der Waals surface area contributed by atoms with E-state index < -0.39 is 23.9 Å². The maximum atomic E-state index is 12.2. The third-order valence-corrected chi connectivity index (χ3v) is 4.97. The zero-order valence-electron chi connectivity index (χ0n) is 14.7. The number of ether oxygens (including phenoxy) is 1. The summed E-state index contributed by atoms with van der Waals surface area (Å²) < 4.78 is 5.87. The summed E-state index contributed by atoms with van der Waals surface area (Å²) in [7, 11) is 1.40. The van der Waals surface area contributed by atoms with E-state index in [-0.39, 0.29) is 6.61 Å². The minimum absolute atomic E-state index is 0.159. The van der Waals surface area contributed by atoms with Gasteiger partial charge < -0.3 is 19.8 Å². The summed E-state index contributed by atoms with van der Waals surface area (Å²) >= 11 is 11.9. The molecule has 2 amide bonds. The fourth-order valence-corrected chi connectivity index (χ4v) is 3.19. The van der Waals surface area contributed by atoms with Crippen molar-refractivity contribution in [1.29, 1.82) is 0 Å². The molecule has 28 heavy (non-hydrogen) atoms. The highest BCUT2D eigenvalue weighted by Gasteiger charge is 2.38. The van der Waals surface area contributed by atoms with Crippen molar-refractivity contribution in [1.82, 2.24) is 9.80 Å². The van der Waals surface area contributed by atoms with Crippen LogP contribution in [-0.4, -0.2) is 39.1 Å². The van der Waals surface area contributed by atoms with E-state index in [1.807, 2.05) is 0 Å². The number of aliphatic hydroxyl groups excluding tert-OH is 1. The number of carbonyl (C=O) groups is 2. The van der Waals surface area contributed by atoms with E-state index >= 15 is 0 Å². The lowest BCUT2D eigenvalue weighted by atomic mass is 10.1. The molecule has 0 spiro atoms. The lowest BCUT2D eigenvalue weighted by Gasteiger charge is -2.38. The number of hydrogen-bond donors (Lipinski definition) is 2. The van der Waals surface area contributed by atoms with Crippen LogP contribution in [0.5, 0.6) is 5.75 Å². The van der Waals surface area contributed by atoms with Gasteiger partial charge in [0, 0.05) is 12.6 Å². The van der Waals surface area contributed by atoms with Gasteiger partial charge in [0.1, 0.15) is 18.5 Å². The number of para-hydroxylation sites is 1. The largest absolute Gasteiger partial charge is 0.502 e. The second kappa shape index (κ2) is 8.00. The van der Waals surface area contributed by atoms with Crippen LogP contribution < -0.4 is 4.74 Å². The minimum Gasteiger partial charge on any atom is -0.502 e. The molecule has 2 N–H and O–H groups in total. The number of nitrogens with zero attached hydrogens (tertiary/aromatic N) is 2. The molecule has 9 heteroatoms. The first-order valence-electron chi connectivity index (χ1n) is 8.14. The monoisotopic (exact) mass is 422 g/mol. The molecule has 1 heterocycles. The van der Waals surface area contributed by atoms with Crippen molar-refractivity contribution in [2.24, 2.45) is 0 Å². The zero-order valence-corrected chi connectivity index (χ0v) is 16.2. The molecule has 3 rings (SSSR count). The molecular weight excluding hydrogens is 407 g/mol. The number of halogens is 2. The van der Waals surface area contributed by atoms with Crippen molar-refractivity contribution in [3.8, 4) is 5.75 Å². The number of rotatable bonds is 4. The van der Waals surface area contributed by atoms with Crippen LogP contribution in [0, 0.1) is 0 Å². The first kappa shape index (κ1) is 19.9. The van der Waals surface area contributed by atoms with E-state index in [9.17, 15) is 19.8 Å². The Bertz CT molecular complexity index is 963. The van der Waals surface area contributed by atoms with Crippen molar-refractivity contribution in [3.63, 3.8) is 0 Å². The first-order chi connectivity index (χ1) is 13.3. The van der Waals surface area contributed by atoms with Gasteiger partial charge in [0.05, 0.1) is 16.2 Å². The molecule has 7 nitrogen and oxygen atoms in total. The predicted molar refractivity (Wildman–Crippen MR) is 103 cm³/mol. The van der Waals surface area contributed by atoms with E-state index in [0.717, 1.165) is 21.6 Å². The van der Waals surface area contributed by atoms with Gasteiger partial charge in [0.2, 0.25) is 0 Å². The summed E-state index contributed by atoms with van der Waals surface area (Å²) in [6.45, 7) is 0.159. The van der Waals surface area contributed by atoms with E-state index in [0.29, 0.717) is 21.4 Å². The molecule has 0 saturated heterocycles. The Hall–Kier alpha value is -2.90. The number of aliphatic hydroxyl groups is 1. The maximum Gasteiger partial charge on any atom is 0.413 e. The molecule has 0 radical (unpaired) electrons. The first-order valence-corrected chi connectivity index (χ1v) is 8.90. The molecule has 2 aromatic rings. The standard InChI is InChI=1S/C19H16Cl2N2O5/c1-22-17(23(19(26)27)9-15(24)18(22)25)12-4-2-3-5-16(12)28-10-11-6-7-13(20)14(21)8-11/h2-9,17,24H,10H2,1H3,(H,26,27). The summed E-state index contributed by atoms with van der Waals surface area (Å²) in [5, 5.41) is 20.0. The van der Waals surface area contributed by atoms with Crippen molar-refractivity contribution >= 4 is 35.2 Å². The van der Waals surface area contributed by atoms with Crippen LogP contribution in [0.25, 0.3) is 0 Å². The molecule has 0 fully saturated rings. The van der Waals surface area contributed by atoms with Crippen LogP contribution >= 0.6 is 23.2 Å². The van der Waals surface area contributed by atoms with E-state index in [4.69, 9.17) is 27.9 Å². The van der Waals surface area contributed by atoms with Gasteiger partial charge in [-0.3, -0.25) is 9.69 Å². The fourth-order valence-electron chi connectivity index (χ4n) is 2.87. The predicted octanol–water partition coefficient (Wildman–Crippen LogP) is 4.42. The summed E-state index contributed by atoms with van der Waals surface area (Å²) in [5.41, 5.74) is 1.22. The fraction of sp³-hybridized carbons (Fsp3) is 0.158. The van der Waals surface area contributed by atoms with Crippen LogP contribution in [-0.2, 0) is 11.4 Å². The molecule has 1 atom stereocenters. The zero-order chi connectivity index (χ0) is 20.4. The third-order valence-electron chi connectivity index (χ3n) is 4.23. The SMILES string of the molecule is CN1C(=O)C(O)=CN(C(=O)O)C1c1ccccc1OCc1ccc(Cl)c(Cl)c1. The lowest BCUT2D eigenvalue weighted by molar-refractivity contribution is -0.135. The average molecular weight is 423 g/mol. The number of benzene rings is 2. The van der Waals surface area contributed by atoms with Crippen molar-refractivity contribution in [2.45, 2.75) is 12.8 Å². The van der Waals surface area contributed by atoms with Gasteiger partial charge in [-0.05, 0) is 23.8 Å². The summed E-state index contributed by atoms with van der Waals surface area (Å²) in [5.74, 6) is -0.962. The Morgan fingerprint density at radius 2 is 1.89 bits per heavy atom. The molecule has 1 unspecified atom stereocenters. The van der Waals surface area contributed by atoms with Gasteiger partial charge in [-0.1, -0.05) is 47.5 Å². The Morgan fingerprint density at radius 1 is 1.18 bits per heavy atom. The Labute approximate surface area is 170 Å². The molecule has 1 aliphatic heterocycles. The summed E-state index contributed by atoms with van der Waals surface area (Å²) in [6, 6.07) is 11.9. The summed E-state index contributed by atoms with van der Waals surface area (Å²) in [4.78, 5) is 25.8. The number of carboxylic acid groups (broad SMARTS) is 1. The molecule has 2 aromatic carbocycles. The number of amides is 2. The van der Waals surface area contributed by atoms with Gasteiger partial charge in [0.15, 0.2) is 5.76 Å². The maximum absolute atomic E-state index is 12.2. The molecular formula is C19H16Cl2N2O5. The smallest absolute Gasteiger partial charge is 0.413 e. The van der Waals surface area contributed by atoms with Crippen molar-refractivity contribution in [2.75, 3.05) is 7.05 Å². The van der Waals surface area contributed by atoms with Gasteiger partial charge >= 0.3 is 6.09 Å². The topological polar surface area (TPSA) is 90.3 Å². The number of carbonyl (C=O) groups excluding carboxylic acids is 1. The highest BCUT2D eigenvalue weighted by molar-refractivity contribution is 6.42. The second-order valence-corrected chi connectivity index (χ2v) is 6.88. The Morgan fingerprint density at radius 3 is 2.57 bits per heavy atom. The van der Waals surface area contributed by atoms with Gasteiger partial charge in [-0.15, -0.1) is 0 Å². The average Bonchev–Trinajstić information content (AvgIpc) is 2.67.